The Bertz CT molecular complexity index is 440. The molecule has 110 valence electrons. The molecule has 20 heavy (non-hydrogen) atoms. The van der Waals surface area contributed by atoms with Gasteiger partial charge >= 0.3 is 11.9 Å². The van der Waals surface area contributed by atoms with E-state index in [4.69, 9.17) is 9.47 Å². The van der Waals surface area contributed by atoms with Gasteiger partial charge in [0, 0.05) is 26.6 Å². The summed E-state index contributed by atoms with van der Waals surface area (Å²) < 4.78 is 10.0. The maximum Gasteiger partial charge on any atom is 0.350 e. The molecule has 0 spiro atoms. The fourth-order valence-electron chi connectivity index (χ4n) is 2.32. The number of ether oxygens (including phenoxy) is 2. The molecule has 0 aromatic carbocycles. The third-order valence-electron chi connectivity index (χ3n) is 3.34. The van der Waals surface area contributed by atoms with Crippen LogP contribution >= 0.6 is 0 Å². The van der Waals surface area contributed by atoms with E-state index in [1.54, 1.807) is 0 Å². The maximum absolute atomic E-state index is 11.7. The first-order chi connectivity index (χ1) is 9.48. The topological polar surface area (TPSA) is 64.6 Å². The summed E-state index contributed by atoms with van der Waals surface area (Å²) in [5.74, 6) is -2.47. The van der Waals surface area contributed by atoms with Gasteiger partial charge in [0.25, 0.3) is 5.79 Å². The van der Waals surface area contributed by atoms with Crippen LogP contribution in [0.15, 0.2) is 23.4 Å². The number of hydrogen-bond acceptors (Lipinski definition) is 5. The van der Waals surface area contributed by atoms with Crippen LogP contribution in [0.4, 0.5) is 0 Å². The van der Waals surface area contributed by atoms with Gasteiger partial charge in [-0.15, -0.1) is 0 Å². The van der Waals surface area contributed by atoms with E-state index in [2.05, 4.69) is 11.4 Å². The average molecular weight is 279 g/mol. The van der Waals surface area contributed by atoms with Crippen molar-refractivity contribution in [2.24, 2.45) is 0 Å². The molecule has 0 unspecified atom stereocenters. The minimum absolute atomic E-state index is 0.0815. The average Bonchev–Trinajstić information content (AvgIpc) is 2.37. The van der Waals surface area contributed by atoms with Gasteiger partial charge in [0.2, 0.25) is 0 Å². The number of nitrogens with one attached hydrogen (secondary N) is 1. The monoisotopic (exact) mass is 279 g/mol. The van der Waals surface area contributed by atoms with Crippen molar-refractivity contribution in [1.82, 2.24) is 5.32 Å². The molecule has 1 N–H and O–H groups in total. The molecule has 0 radical (unpaired) electrons. The van der Waals surface area contributed by atoms with Crippen molar-refractivity contribution in [2.75, 3.05) is 6.54 Å². The molecule has 1 heterocycles. The summed E-state index contributed by atoms with van der Waals surface area (Å²) in [6.07, 6.45) is 9.43. The molecular weight excluding hydrogens is 258 g/mol. The Kier molecular flexibility index (Phi) is 4.47. The summed E-state index contributed by atoms with van der Waals surface area (Å²) in [6, 6.07) is 0. The minimum atomic E-state index is -1.18. The first kappa shape index (κ1) is 14.6. The highest BCUT2D eigenvalue weighted by molar-refractivity contribution is 6.15. The normalized spacial score (nSPS) is 21.7. The van der Waals surface area contributed by atoms with Crippen molar-refractivity contribution in [3.8, 4) is 0 Å². The van der Waals surface area contributed by atoms with Crippen LogP contribution in [0.3, 0.4) is 0 Å². The molecule has 1 aliphatic heterocycles. The Balaban J connectivity index is 1.83. The summed E-state index contributed by atoms with van der Waals surface area (Å²) >= 11 is 0. The number of allylic oxidation sites excluding steroid dienone is 1. The van der Waals surface area contributed by atoms with Crippen LogP contribution in [0, 0.1) is 0 Å². The number of cyclic esters (lactones) is 2. The largest absolute Gasteiger partial charge is 0.419 e. The van der Waals surface area contributed by atoms with Gasteiger partial charge < -0.3 is 14.8 Å². The molecule has 1 fully saturated rings. The van der Waals surface area contributed by atoms with Crippen LogP contribution in [-0.4, -0.2) is 24.3 Å². The van der Waals surface area contributed by atoms with Crippen molar-refractivity contribution >= 4 is 11.9 Å². The van der Waals surface area contributed by atoms with E-state index in [9.17, 15) is 9.59 Å². The zero-order valence-corrected chi connectivity index (χ0v) is 12.0. The molecule has 2 rings (SSSR count). The number of carbonyl (C=O) groups excluding carboxylic acids is 2. The third kappa shape index (κ3) is 3.85. The van der Waals surface area contributed by atoms with Gasteiger partial charge in [-0.3, -0.25) is 0 Å². The van der Waals surface area contributed by atoms with Crippen LogP contribution in [0.25, 0.3) is 0 Å². The summed E-state index contributed by atoms with van der Waals surface area (Å²) in [5.41, 5.74) is 1.36. The van der Waals surface area contributed by atoms with Gasteiger partial charge in [-0.1, -0.05) is 11.6 Å². The molecular formula is C15H21NO4. The zero-order valence-electron chi connectivity index (χ0n) is 12.0. The van der Waals surface area contributed by atoms with E-state index in [1.165, 1.54) is 38.5 Å². The van der Waals surface area contributed by atoms with Crippen LogP contribution in [0.2, 0.25) is 0 Å². The van der Waals surface area contributed by atoms with Crippen LogP contribution < -0.4 is 5.32 Å². The Morgan fingerprint density at radius 2 is 1.95 bits per heavy atom. The lowest BCUT2D eigenvalue weighted by molar-refractivity contribution is -0.222. The van der Waals surface area contributed by atoms with Crippen molar-refractivity contribution < 1.29 is 19.1 Å². The van der Waals surface area contributed by atoms with Gasteiger partial charge in [-0.25, -0.2) is 9.59 Å². The zero-order chi connectivity index (χ0) is 14.6. The van der Waals surface area contributed by atoms with Crippen molar-refractivity contribution in [3.63, 3.8) is 0 Å². The number of hydrogen-bond donors (Lipinski definition) is 1. The second-order valence-electron chi connectivity index (χ2n) is 5.55. The lowest BCUT2D eigenvalue weighted by atomic mass is 9.97. The van der Waals surface area contributed by atoms with Gasteiger partial charge in [-0.05, 0) is 32.1 Å². The fraction of sp³-hybridized carbons (Fsp3) is 0.600. The lowest BCUT2D eigenvalue weighted by Crippen LogP contribution is -2.42. The molecule has 0 atom stereocenters. The first-order valence-electron chi connectivity index (χ1n) is 7.06. The molecule has 1 saturated heterocycles. The lowest BCUT2D eigenvalue weighted by Gasteiger charge is -2.29. The van der Waals surface area contributed by atoms with Crippen LogP contribution in [-0.2, 0) is 19.1 Å². The summed E-state index contributed by atoms with van der Waals surface area (Å²) in [5, 5.41) is 2.99. The predicted octanol–water partition coefficient (Wildman–Crippen LogP) is 2.19. The van der Waals surface area contributed by atoms with Crippen molar-refractivity contribution in [1.29, 1.82) is 0 Å². The highest BCUT2D eigenvalue weighted by Crippen LogP contribution is 2.22. The highest BCUT2D eigenvalue weighted by Gasteiger charge is 2.38. The number of carbonyl (C=O) groups is 2. The molecule has 5 heteroatoms. The molecule has 2 aliphatic rings. The SMILES string of the molecule is CC1(C)OC(=O)C(=CNCCC2=CCCCC2)C(=O)O1. The van der Waals surface area contributed by atoms with E-state index in [-0.39, 0.29) is 5.57 Å². The molecule has 0 amide bonds. The summed E-state index contributed by atoms with van der Waals surface area (Å²) in [7, 11) is 0. The van der Waals surface area contributed by atoms with Gasteiger partial charge in [0.15, 0.2) is 5.57 Å². The second kappa shape index (κ2) is 6.11. The Labute approximate surface area is 119 Å². The van der Waals surface area contributed by atoms with Crippen LogP contribution in [0.1, 0.15) is 46.0 Å². The molecule has 5 nitrogen and oxygen atoms in total. The first-order valence-corrected chi connectivity index (χ1v) is 7.06. The van der Waals surface area contributed by atoms with Crippen molar-refractivity contribution in [3.05, 3.63) is 23.4 Å². The maximum atomic E-state index is 11.7. The fourth-order valence-corrected chi connectivity index (χ4v) is 2.32. The third-order valence-corrected chi connectivity index (χ3v) is 3.34. The number of esters is 2. The van der Waals surface area contributed by atoms with E-state index < -0.39 is 17.7 Å². The Morgan fingerprint density at radius 1 is 1.25 bits per heavy atom. The smallest absolute Gasteiger partial charge is 0.350 e. The molecule has 0 aromatic rings. The van der Waals surface area contributed by atoms with E-state index in [0.29, 0.717) is 6.54 Å². The van der Waals surface area contributed by atoms with Gasteiger partial charge in [0.05, 0.1) is 0 Å². The molecule has 1 aliphatic carbocycles. The van der Waals surface area contributed by atoms with Gasteiger partial charge in [0.1, 0.15) is 0 Å². The van der Waals surface area contributed by atoms with E-state index in [0.717, 1.165) is 19.3 Å². The van der Waals surface area contributed by atoms with E-state index in [1.807, 2.05) is 0 Å². The molecule has 0 aromatic heterocycles. The quantitative estimate of drug-likeness (QED) is 0.281. The molecule has 0 bridgehead atoms. The Morgan fingerprint density at radius 3 is 2.55 bits per heavy atom. The molecule has 0 saturated carbocycles. The second-order valence-corrected chi connectivity index (χ2v) is 5.55. The summed E-state index contributed by atoms with van der Waals surface area (Å²) in [4.78, 5) is 23.3. The van der Waals surface area contributed by atoms with Crippen molar-refractivity contribution in [2.45, 2.75) is 51.7 Å². The van der Waals surface area contributed by atoms with Gasteiger partial charge in [-0.2, -0.15) is 0 Å². The summed E-state index contributed by atoms with van der Waals surface area (Å²) in [6.45, 7) is 3.75. The number of rotatable bonds is 4. The Hall–Kier alpha value is -1.78. The highest BCUT2D eigenvalue weighted by atomic mass is 16.7. The standard InChI is InChI=1S/C15H21NO4/c1-15(2)19-13(17)12(14(18)20-15)10-16-9-8-11-6-4-3-5-7-11/h6,10,16H,3-5,7-9H2,1-2H3. The predicted molar refractivity (Wildman–Crippen MR) is 73.5 cm³/mol. The van der Waals surface area contributed by atoms with E-state index >= 15 is 0 Å². The minimum Gasteiger partial charge on any atom is -0.419 e. The van der Waals surface area contributed by atoms with Crippen LogP contribution in [0.5, 0.6) is 0 Å².